The van der Waals surface area contributed by atoms with Gasteiger partial charge in [0.25, 0.3) is 0 Å². The quantitative estimate of drug-likeness (QED) is 0.734. The van der Waals surface area contributed by atoms with Crippen LogP contribution >= 0.6 is 23.2 Å². The molecular formula is C13H8Cl2FN5. The van der Waals surface area contributed by atoms with Gasteiger partial charge in [-0.1, -0.05) is 23.2 Å². The van der Waals surface area contributed by atoms with Crippen LogP contribution in [0.15, 0.2) is 36.4 Å². The van der Waals surface area contributed by atoms with E-state index in [1.54, 1.807) is 18.2 Å². The number of anilines is 1. The molecule has 0 saturated heterocycles. The van der Waals surface area contributed by atoms with Crippen LogP contribution in [0.1, 0.15) is 0 Å². The fourth-order valence-corrected chi connectivity index (χ4v) is 2.35. The lowest BCUT2D eigenvalue weighted by Gasteiger charge is -2.08. The molecular weight excluding hydrogens is 316 g/mol. The average molecular weight is 324 g/mol. The normalized spacial score (nSPS) is 10.8. The highest BCUT2D eigenvalue weighted by Crippen LogP contribution is 2.30. The highest BCUT2D eigenvalue weighted by molar-refractivity contribution is 6.33. The van der Waals surface area contributed by atoms with Crippen molar-refractivity contribution >= 4 is 28.9 Å². The van der Waals surface area contributed by atoms with Crippen LogP contribution in [0.5, 0.6) is 0 Å². The maximum absolute atomic E-state index is 13.4. The van der Waals surface area contributed by atoms with E-state index >= 15 is 0 Å². The summed E-state index contributed by atoms with van der Waals surface area (Å²) in [5.41, 5.74) is 7.07. The number of halogens is 3. The van der Waals surface area contributed by atoms with Gasteiger partial charge in [0.15, 0.2) is 5.82 Å². The second-order valence-corrected chi connectivity index (χ2v) is 5.06. The molecule has 0 radical (unpaired) electrons. The second-order valence-electron chi connectivity index (χ2n) is 4.25. The molecule has 0 atom stereocenters. The van der Waals surface area contributed by atoms with E-state index in [1.165, 1.54) is 22.9 Å². The zero-order valence-electron chi connectivity index (χ0n) is 10.5. The van der Waals surface area contributed by atoms with Crippen LogP contribution in [-0.4, -0.2) is 20.2 Å². The topological polar surface area (TPSA) is 69.6 Å². The van der Waals surface area contributed by atoms with Crippen molar-refractivity contribution in [2.45, 2.75) is 0 Å². The third-order valence-electron chi connectivity index (χ3n) is 2.84. The third kappa shape index (κ3) is 2.55. The molecule has 0 aliphatic rings. The molecule has 0 aliphatic heterocycles. The molecule has 21 heavy (non-hydrogen) atoms. The van der Waals surface area contributed by atoms with E-state index < -0.39 is 5.82 Å². The molecule has 0 spiro atoms. The summed E-state index contributed by atoms with van der Waals surface area (Å²) in [6.45, 7) is 0. The van der Waals surface area contributed by atoms with Crippen LogP contribution < -0.4 is 5.73 Å². The summed E-state index contributed by atoms with van der Waals surface area (Å²) in [7, 11) is 0. The number of hydrogen-bond donors (Lipinski definition) is 1. The molecule has 2 aromatic carbocycles. The van der Waals surface area contributed by atoms with Gasteiger partial charge in [0, 0.05) is 17.3 Å². The Hall–Kier alpha value is -2.18. The first kappa shape index (κ1) is 13.8. The van der Waals surface area contributed by atoms with Gasteiger partial charge in [0.1, 0.15) is 5.82 Å². The molecule has 0 amide bonds. The van der Waals surface area contributed by atoms with Gasteiger partial charge in [-0.25, -0.2) is 4.39 Å². The lowest BCUT2D eigenvalue weighted by molar-refractivity contribution is 0.625. The summed E-state index contributed by atoms with van der Waals surface area (Å²) in [6.07, 6.45) is 0. The fraction of sp³-hybridized carbons (Fsp3) is 0. The van der Waals surface area contributed by atoms with Crippen molar-refractivity contribution in [3.8, 4) is 17.1 Å². The Labute approximate surface area is 129 Å². The molecule has 8 heteroatoms. The van der Waals surface area contributed by atoms with Crippen molar-refractivity contribution in [2.24, 2.45) is 0 Å². The average Bonchev–Trinajstić information content (AvgIpc) is 2.90. The molecule has 3 rings (SSSR count). The van der Waals surface area contributed by atoms with Crippen LogP contribution in [0.4, 0.5) is 10.1 Å². The summed E-state index contributed by atoms with van der Waals surface area (Å²) in [6, 6.07) is 8.88. The minimum absolute atomic E-state index is 0.316. The third-order valence-corrected chi connectivity index (χ3v) is 3.47. The Morgan fingerprint density at radius 3 is 2.62 bits per heavy atom. The number of aromatic nitrogens is 4. The molecule has 0 unspecified atom stereocenters. The lowest BCUT2D eigenvalue weighted by Crippen LogP contribution is -2.02. The standard InChI is InChI=1S/C13H8Cl2FN5/c14-10-4-1-7(16)5-12(10)21-13(18-19-20-21)9-3-2-8(17)6-11(9)15/h1-6H,17H2. The molecule has 0 aliphatic carbocycles. The van der Waals surface area contributed by atoms with Crippen molar-refractivity contribution in [2.75, 3.05) is 5.73 Å². The van der Waals surface area contributed by atoms with Gasteiger partial charge in [0.2, 0.25) is 0 Å². The fourth-order valence-electron chi connectivity index (χ4n) is 1.88. The van der Waals surface area contributed by atoms with Gasteiger partial charge in [-0.2, -0.15) is 4.68 Å². The highest BCUT2D eigenvalue weighted by atomic mass is 35.5. The Kier molecular flexibility index (Phi) is 3.48. The van der Waals surface area contributed by atoms with E-state index in [4.69, 9.17) is 28.9 Å². The van der Waals surface area contributed by atoms with Crippen LogP contribution in [0.2, 0.25) is 10.0 Å². The Morgan fingerprint density at radius 2 is 1.86 bits per heavy atom. The zero-order chi connectivity index (χ0) is 15.0. The molecule has 106 valence electrons. The monoisotopic (exact) mass is 323 g/mol. The Balaban J connectivity index is 2.19. The van der Waals surface area contributed by atoms with E-state index in [1.807, 2.05) is 0 Å². The van der Waals surface area contributed by atoms with E-state index in [9.17, 15) is 4.39 Å². The first-order valence-corrected chi connectivity index (χ1v) is 6.61. The second kappa shape index (κ2) is 5.31. The van der Waals surface area contributed by atoms with Gasteiger partial charge < -0.3 is 5.73 Å². The maximum atomic E-state index is 13.4. The Bertz CT molecular complexity index is 818. The number of benzene rings is 2. The highest BCUT2D eigenvalue weighted by Gasteiger charge is 2.16. The van der Waals surface area contributed by atoms with Crippen molar-refractivity contribution in [1.29, 1.82) is 0 Å². The Morgan fingerprint density at radius 1 is 1.05 bits per heavy atom. The van der Waals surface area contributed by atoms with E-state index in [2.05, 4.69) is 15.5 Å². The minimum Gasteiger partial charge on any atom is -0.399 e. The molecule has 0 bridgehead atoms. The van der Waals surface area contributed by atoms with E-state index in [0.29, 0.717) is 32.8 Å². The minimum atomic E-state index is -0.445. The van der Waals surface area contributed by atoms with Crippen molar-refractivity contribution in [1.82, 2.24) is 20.2 Å². The smallest absolute Gasteiger partial charge is 0.188 e. The van der Waals surface area contributed by atoms with E-state index in [0.717, 1.165) is 0 Å². The number of nitrogens with two attached hydrogens (primary N) is 1. The van der Waals surface area contributed by atoms with Gasteiger partial charge in [-0.15, -0.1) is 5.10 Å². The van der Waals surface area contributed by atoms with Crippen LogP contribution in [0.3, 0.4) is 0 Å². The molecule has 3 aromatic rings. The lowest BCUT2D eigenvalue weighted by atomic mass is 10.2. The van der Waals surface area contributed by atoms with Gasteiger partial charge in [0.05, 0.1) is 15.7 Å². The predicted molar refractivity (Wildman–Crippen MR) is 79.0 cm³/mol. The van der Waals surface area contributed by atoms with Crippen molar-refractivity contribution in [3.63, 3.8) is 0 Å². The largest absolute Gasteiger partial charge is 0.399 e. The number of hydrogen-bond acceptors (Lipinski definition) is 4. The van der Waals surface area contributed by atoms with Crippen LogP contribution in [-0.2, 0) is 0 Å². The summed E-state index contributed by atoms with van der Waals surface area (Å²) < 4.78 is 14.7. The number of tetrazole rings is 1. The molecule has 0 saturated carbocycles. The summed E-state index contributed by atoms with van der Waals surface area (Å²) in [5, 5.41) is 12.1. The van der Waals surface area contributed by atoms with Crippen molar-refractivity contribution in [3.05, 3.63) is 52.3 Å². The summed E-state index contributed by atoms with van der Waals surface area (Å²) in [4.78, 5) is 0. The first-order chi connectivity index (χ1) is 10.1. The number of nitrogen functional groups attached to an aromatic ring is 1. The SMILES string of the molecule is Nc1ccc(-c2nnnn2-c2cc(F)ccc2Cl)c(Cl)c1. The van der Waals surface area contributed by atoms with Gasteiger partial charge in [-0.05, 0) is 40.8 Å². The van der Waals surface area contributed by atoms with Gasteiger partial charge >= 0.3 is 0 Å². The molecule has 1 heterocycles. The molecule has 5 nitrogen and oxygen atoms in total. The van der Waals surface area contributed by atoms with Crippen molar-refractivity contribution < 1.29 is 4.39 Å². The molecule has 1 aromatic heterocycles. The van der Waals surface area contributed by atoms with E-state index in [-0.39, 0.29) is 0 Å². The number of nitrogens with zero attached hydrogens (tertiary/aromatic N) is 4. The maximum Gasteiger partial charge on any atom is 0.188 e. The first-order valence-electron chi connectivity index (χ1n) is 5.85. The summed E-state index contributed by atoms with van der Waals surface area (Å²) in [5.74, 6) is -0.105. The molecule has 0 fully saturated rings. The van der Waals surface area contributed by atoms with Gasteiger partial charge in [-0.3, -0.25) is 0 Å². The summed E-state index contributed by atoms with van der Waals surface area (Å²) >= 11 is 12.2. The van der Waals surface area contributed by atoms with Crippen LogP contribution in [0, 0.1) is 5.82 Å². The predicted octanol–water partition coefficient (Wildman–Crippen LogP) is 3.36. The van der Waals surface area contributed by atoms with Crippen LogP contribution in [0.25, 0.3) is 17.1 Å². The zero-order valence-corrected chi connectivity index (χ0v) is 12.0. The number of rotatable bonds is 2. The molecule has 2 N–H and O–H groups in total.